The minimum absolute atomic E-state index is 0.0120. The van der Waals surface area contributed by atoms with E-state index in [-0.39, 0.29) is 17.4 Å². The van der Waals surface area contributed by atoms with Gasteiger partial charge in [0.05, 0.1) is 16.3 Å². The van der Waals surface area contributed by atoms with Crippen molar-refractivity contribution in [3.63, 3.8) is 0 Å². The summed E-state index contributed by atoms with van der Waals surface area (Å²) in [7, 11) is 0. The van der Waals surface area contributed by atoms with Crippen LogP contribution in [0.3, 0.4) is 0 Å². The number of carbonyl (C=O) groups excluding carboxylic acids is 2. The van der Waals surface area contributed by atoms with Crippen molar-refractivity contribution in [3.05, 3.63) is 47.1 Å². The van der Waals surface area contributed by atoms with E-state index in [9.17, 15) is 9.59 Å². The van der Waals surface area contributed by atoms with Gasteiger partial charge in [0.2, 0.25) is 5.91 Å². The molecule has 0 aliphatic carbocycles. The fourth-order valence-electron chi connectivity index (χ4n) is 2.04. The number of H-pyrrole nitrogens is 1. The molecule has 2 N–H and O–H groups in total. The van der Waals surface area contributed by atoms with Gasteiger partial charge in [-0.05, 0) is 37.3 Å². The van der Waals surface area contributed by atoms with Crippen LogP contribution in [0.2, 0.25) is 5.02 Å². The molecule has 0 spiro atoms. The molecule has 0 radical (unpaired) electrons. The van der Waals surface area contributed by atoms with E-state index < -0.39 is 0 Å². The average molecular weight is 361 g/mol. The highest BCUT2D eigenvalue weighted by molar-refractivity contribution is 7.99. The molecule has 0 bridgehead atoms. The van der Waals surface area contributed by atoms with Crippen LogP contribution in [0.25, 0.3) is 11.2 Å². The standard InChI is InChI=1S/C16H13ClN4O2S/c1-9(22)10-2-4-12(5-3-10)19-14(23)8-24-16-20-13-6-11(17)7-18-15(13)21-16/h2-7H,8H2,1H3,(H,19,23)(H,18,20,21). The van der Waals surface area contributed by atoms with Crippen molar-refractivity contribution < 1.29 is 9.59 Å². The molecule has 0 atom stereocenters. The number of benzene rings is 1. The normalized spacial score (nSPS) is 10.8. The lowest BCUT2D eigenvalue weighted by Gasteiger charge is -2.04. The lowest BCUT2D eigenvalue weighted by Crippen LogP contribution is -2.14. The predicted octanol–water partition coefficient (Wildman–Crippen LogP) is 3.54. The first-order valence-electron chi connectivity index (χ1n) is 7.06. The number of aromatic nitrogens is 3. The summed E-state index contributed by atoms with van der Waals surface area (Å²) in [5.74, 6) is 0.0196. The van der Waals surface area contributed by atoms with E-state index >= 15 is 0 Å². The summed E-state index contributed by atoms with van der Waals surface area (Å²) in [6.45, 7) is 1.50. The van der Waals surface area contributed by atoms with Crippen LogP contribution in [0.5, 0.6) is 0 Å². The van der Waals surface area contributed by atoms with Crippen molar-refractivity contribution in [2.75, 3.05) is 11.1 Å². The van der Waals surface area contributed by atoms with Gasteiger partial charge in [0, 0.05) is 17.4 Å². The van der Waals surface area contributed by atoms with Gasteiger partial charge in [-0.1, -0.05) is 23.4 Å². The molecule has 2 aromatic heterocycles. The number of anilines is 1. The smallest absolute Gasteiger partial charge is 0.234 e. The van der Waals surface area contributed by atoms with E-state index in [1.54, 1.807) is 30.3 Å². The molecular weight excluding hydrogens is 348 g/mol. The van der Waals surface area contributed by atoms with E-state index in [0.717, 1.165) is 5.52 Å². The Morgan fingerprint density at radius 3 is 2.75 bits per heavy atom. The number of hydrogen-bond acceptors (Lipinski definition) is 5. The van der Waals surface area contributed by atoms with Gasteiger partial charge in [0.15, 0.2) is 16.6 Å². The molecule has 1 amide bonds. The zero-order valence-corrected chi connectivity index (χ0v) is 14.2. The first kappa shape index (κ1) is 16.5. The Morgan fingerprint density at radius 1 is 1.29 bits per heavy atom. The number of Topliss-reactive ketones (excluding diaryl/α,β-unsaturated/α-hetero) is 1. The number of ketones is 1. The first-order chi connectivity index (χ1) is 11.5. The van der Waals surface area contributed by atoms with Gasteiger partial charge in [-0.2, -0.15) is 0 Å². The van der Waals surface area contributed by atoms with Crippen molar-refractivity contribution in [2.45, 2.75) is 12.1 Å². The lowest BCUT2D eigenvalue weighted by atomic mass is 10.1. The number of nitrogens with zero attached hydrogens (tertiary/aromatic N) is 2. The fraction of sp³-hybridized carbons (Fsp3) is 0.125. The van der Waals surface area contributed by atoms with Crippen LogP contribution in [0.15, 0.2) is 41.7 Å². The van der Waals surface area contributed by atoms with Crippen molar-refractivity contribution in [1.82, 2.24) is 15.0 Å². The average Bonchev–Trinajstić information content (AvgIpc) is 2.95. The molecule has 24 heavy (non-hydrogen) atoms. The van der Waals surface area contributed by atoms with Gasteiger partial charge in [-0.15, -0.1) is 0 Å². The lowest BCUT2D eigenvalue weighted by molar-refractivity contribution is -0.113. The third kappa shape index (κ3) is 3.93. The highest BCUT2D eigenvalue weighted by Crippen LogP contribution is 2.20. The second kappa shape index (κ2) is 7.02. The highest BCUT2D eigenvalue weighted by Gasteiger charge is 2.09. The Kier molecular flexibility index (Phi) is 4.82. The van der Waals surface area contributed by atoms with Crippen LogP contribution in [-0.2, 0) is 4.79 Å². The van der Waals surface area contributed by atoms with Crippen LogP contribution in [-0.4, -0.2) is 32.4 Å². The molecule has 1 aromatic carbocycles. The molecule has 0 unspecified atom stereocenters. The fourth-order valence-corrected chi connectivity index (χ4v) is 2.87. The SMILES string of the molecule is CC(=O)c1ccc(NC(=O)CSc2nc3ncc(Cl)cc3[nH]2)cc1. The summed E-state index contributed by atoms with van der Waals surface area (Å²) in [5.41, 5.74) is 2.53. The summed E-state index contributed by atoms with van der Waals surface area (Å²) in [6.07, 6.45) is 1.52. The number of carbonyl (C=O) groups is 2. The number of imidazole rings is 1. The third-order valence-corrected chi connectivity index (χ3v) is 4.28. The molecule has 2 heterocycles. The van der Waals surface area contributed by atoms with E-state index in [2.05, 4.69) is 20.3 Å². The topological polar surface area (TPSA) is 87.7 Å². The monoisotopic (exact) mass is 360 g/mol. The maximum absolute atomic E-state index is 12.0. The number of fused-ring (bicyclic) bond motifs is 1. The predicted molar refractivity (Wildman–Crippen MR) is 94.7 cm³/mol. The number of nitrogens with one attached hydrogen (secondary N) is 2. The van der Waals surface area contributed by atoms with Crippen LogP contribution in [0.1, 0.15) is 17.3 Å². The van der Waals surface area contributed by atoms with Gasteiger partial charge in [0.1, 0.15) is 0 Å². The van der Waals surface area contributed by atoms with E-state index in [1.165, 1.54) is 24.9 Å². The van der Waals surface area contributed by atoms with Crippen LogP contribution < -0.4 is 5.32 Å². The first-order valence-corrected chi connectivity index (χ1v) is 8.42. The quantitative estimate of drug-likeness (QED) is 0.536. The molecule has 0 fully saturated rings. The number of amides is 1. The van der Waals surface area contributed by atoms with Crippen molar-refractivity contribution in [3.8, 4) is 0 Å². The minimum Gasteiger partial charge on any atom is -0.331 e. The number of rotatable bonds is 5. The summed E-state index contributed by atoms with van der Waals surface area (Å²) in [5, 5.41) is 3.89. The second-order valence-electron chi connectivity index (χ2n) is 5.04. The number of pyridine rings is 1. The molecule has 6 nitrogen and oxygen atoms in total. The van der Waals surface area contributed by atoms with Crippen LogP contribution in [0.4, 0.5) is 5.69 Å². The Bertz CT molecular complexity index is 908. The summed E-state index contributed by atoms with van der Waals surface area (Å²) in [6, 6.07) is 8.50. The van der Waals surface area contributed by atoms with Gasteiger partial charge in [-0.25, -0.2) is 9.97 Å². The van der Waals surface area contributed by atoms with Crippen LogP contribution >= 0.6 is 23.4 Å². The maximum atomic E-state index is 12.0. The zero-order valence-electron chi connectivity index (χ0n) is 12.7. The molecule has 8 heteroatoms. The molecule has 0 saturated carbocycles. The molecule has 0 saturated heterocycles. The number of thioether (sulfide) groups is 1. The Hall–Kier alpha value is -2.38. The van der Waals surface area contributed by atoms with Crippen molar-refractivity contribution in [1.29, 1.82) is 0 Å². The third-order valence-electron chi connectivity index (χ3n) is 3.20. The zero-order chi connectivity index (χ0) is 17.1. The molecule has 3 aromatic rings. The summed E-state index contributed by atoms with van der Waals surface area (Å²) < 4.78 is 0. The number of hydrogen-bond donors (Lipinski definition) is 2. The summed E-state index contributed by atoms with van der Waals surface area (Å²) in [4.78, 5) is 34.7. The van der Waals surface area contributed by atoms with E-state index in [0.29, 0.717) is 27.1 Å². The Labute approximate surface area is 147 Å². The van der Waals surface area contributed by atoms with Gasteiger partial charge in [0.25, 0.3) is 0 Å². The Morgan fingerprint density at radius 2 is 2.04 bits per heavy atom. The minimum atomic E-state index is -0.165. The highest BCUT2D eigenvalue weighted by atomic mass is 35.5. The maximum Gasteiger partial charge on any atom is 0.234 e. The molecule has 3 rings (SSSR count). The van der Waals surface area contributed by atoms with E-state index in [4.69, 9.17) is 11.6 Å². The van der Waals surface area contributed by atoms with E-state index in [1.807, 2.05) is 0 Å². The van der Waals surface area contributed by atoms with Crippen molar-refractivity contribution in [2.24, 2.45) is 0 Å². The molecule has 0 aliphatic heterocycles. The Balaban J connectivity index is 1.59. The number of aromatic amines is 1. The molecular formula is C16H13ClN4O2S. The second-order valence-corrected chi connectivity index (χ2v) is 6.44. The molecule has 122 valence electrons. The summed E-state index contributed by atoms with van der Waals surface area (Å²) >= 11 is 7.15. The number of halogens is 1. The van der Waals surface area contributed by atoms with Gasteiger partial charge >= 0.3 is 0 Å². The van der Waals surface area contributed by atoms with Gasteiger partial charge < -0.3 is 10.3 Å². The van der Waals surface area contributed by atoms with Gasteiger partial charge in [-0.3, -0.25) is 9.59 Å². The van der Waals surface area contributed by atoms with Crippen LogP contribution in [0, 0.1) is 0 Å². The van der Waals surface area contributed by atoms with Crippen molar-refractivity contribution >= 4 is 51.9 Å². The largest absolute Gasteiger partial charge is 0.331 e. The molecule has 0 aliphatic rings.